The first-order valence-electron chi connectivity index (χ1n) is 6.88. The zero-order valence-electron chi connectivity index (χ0n) is 12.5. The first-order valence-corrected chi connectivity index (χ1v) is 6.88. The lowest BCUT2D eigenvalue weighted by molar-refractivity contribution is -0.168. The quantitative estimate of drug-likeness (QED) is 0.466. The van der Waals surface area contributed by atoms with Gasteiger partial charge in [0.25, 0.3) is 5.60 Å². The van der Waals surface area contributed by atoms with Gasteiger partial charge in [-0.05, 0) is 31.2 Å². The van der Waals surface area contributed by atoms with Crippen molar-refractivity contribution in [1.82, 2.24) is 0 Å². The number of nitrogens with zero attached hydrogens (tertiary/aromatic N) is 1. The highest BCUT2D eigenvalue weighted by Gasteiger charge is 2.47. The van der Waals surface area contributed by atoms with Gasteiger partial charge in [-0.2, -0.15) is 0 Å². The summed E-state index contributed by atoms with van der Waals surface area (Å²) >= 11 is 0. The average molecular weight is 319 g/mol. The van der Waals surface area contributed by atoms with Crippen LogP contribution in [0.2, 0.25) is 0 Å². The molecule has 0 heterocycles. The fourth-order valence-corrected chi connectivity index (χ4v) is 2.24. The fraction of sp³-hybridized carbons (Fsp3) is 0.176. The predicted molar refractivity (Wildman–Crippen MR) is 80.8 cm³/mol. The molecular formula is C17H15F2NO3. The van der Waals surface area contributed by atoms with Crippen molar-refractivity contribution in [2.24, 2.45) is 5.16 Å². The van der Waals surface area contributed by atoms with E-state index in [-0.39, 0.29) is 17.7 Å². The number of hydrogen-bond acceptors (Lipinski definition) is 4. The molecule has 120 valence electrons. The van der Waals surface area contributed by atoms with Crippen molar-refractivity contribution in [3.8, 4) is 0 Å². The van der Waals surface area contributed by atoms with Crippen molar-refractivity contribution in [1.29, 1.82) is 0 Å². The van der Waals surface area contributed by atoms with Crippen LogP contribution < -0.4 is 0 Å². The maximum absolute atomic E-state index is 13.2. The Morgan fingerprint density at radius 2 is 1.48 bits per heavy atom. The van der Waals surface area contributed by atoms with Crippen molar-refractivity contribution < 1.29 is 23.1 Å². The molecule has 0 N–H and O–H groups in total. The van der Waals surface area contributed by atoms with Gasteiger partial charge in [0.1, 0.15) is 11.6 Å². The number of esters is 1. The van der Waals surface area contributed by atoms with Crippen LogP contribution in [-0.4, -0.2) is 19.3 Å². The van der Waals surface area contributed by atoms with E-state index in [0.717, 1.165) is 0 Å². The van der Waals surface area contributed by atoms with Gasteiger partial charge in [0.15, 0.2) is 0 Å². The molecule has 0 amide bonds. The van der Waals surface area contributed by atoms with Gasteiger partial charge in [-0.15, -0.1) is 5.16 Å². The summed E-state index contributed by atoms with van der Waals surface area (Å²) in [4.78, 5) is 17.9. The topological polar surface area (TPSA) is 47.9 Å². The van der Waals surface area contributed by atoms with Gasteiger partial charge in [0.2, 0.25) is 0 Å². The fourth-order valence-electron chi connectivity index (χ4n) is 2.24. The molecular weight excluding hydrogens is 304 g/mol. The van der Waals surface area contributed by atoms with E-state index < -0.39 is 23.2 Å². The molecule has 2 aromatic rings. The third-order valence-corrected chi connectivity index (χ3v) is 3.27. The van der Waals surface area contributed by atoms with E-state index >= 15 is 0 Å². The van der Waals surface area contributed by atoms with Crippen LogP contribution in [0.5, 0.6) is 0 Å². The van der Waals surface area contributed by atoms with Crippen LogP contribution in [-0.2, 0) is 20.0 Å². The van der Waals surface area contributed by atoms with Crippen LogP contribution in [0.1, 0.15) is 18.1 Å². The van der Waals surface area contributed by atoms with Crippen LogP contribution in [0.15, 0.2) is 53.7 Å². The Morgan fingerprint density at radius 3 is 1.83 bits per heavy atom. The van der Waals surface area contributed by atoms with Crippen LogP contribution in [0.4, 0.5) is 8.78 Å². The van der Waals surface area contributed by atoms with Crippen LogP contribution in [0.3, 0.4) is 0 Å². The molecule has 0 bridgehead atoms. The minimum absolute atomic E-state index is 0.101. The van der Waals surface area contributed by atoms with E-state index in [1.807, 2.05) is 0 Å². The number of rotatable bonds is 6. The van der Waals surface area contributed by atoms with Gasteiger partial charge >= 0.3 is 5.97 Å². The molecule has 0 radical (unpaired) electrons. The van der Waals surface area contributed by atoms with Crippen molar-refractivity contribution in [2.45, 2.75) is 12.5 Å². The monoisotopic (exact) mass is 319 g/mol. The molecule has 23 heavy (non-hydrogen) atoms. The van der Waals surface area contributed by atoms with Crippen LogP contribution in [0, 0.1) is 11.6 Å². The summed E-state index contributed by atoms with van der Waals surface area (Å²) in [6.07, 6.45) is 0. The van der Waals surface area contributed by atoms with Crippen LogP contribution >= 0.6 is 0 Å². The molecule has 2 aromatic carbocycles. The van der Waals surface area contributed by atoms with Crippen LogP contribution in [0.25, 0.3) is 0 Å². The molecule has 0 saturated carbocycles. The normalized spacial score (nSPS) is 10.9. The maximum Gasteiger partial charge on any atom is 0.363 e. The molecule has 0 aromatic heterocycles. The zero-order valence-corrected chi connectivity index (χ0v) is 12.5. The Labute approximate surface area is 132 Å². The Morgan fingerprint density at radius 1 is 1.04 bits per heavy atom. The lowest BCUT2D eigenvalue weighted by Gasteiger charge is -2.29. The largest absolute Gasteiger partial charge is 0.462 e. The summed E-state index contributed by atoms with van der Waals surface area (Å²) in [7, 11) is 0. The van der Waals surface area contributed by atoms with Gasteiger partial charge in [-0.25, -0.2) is 13.6 Å². The first kappa shape index (κ1) is 16.6. The van der Waals surface area contributed by atoms with E-state index in [1.54, 1.807) is 6.92 Å². The zero-order chi connectivity index (χ0) is 16.9. The number of carbonyl (C=O) groups excluding carboxylic acids is 1. The molecule has 0 atom stereocenters. The standard InChI is InChI=1S/C17H15F2NO3/c1-3-22-16(21)17(23-20-2,12-4-8-14(18)9-5-12)13-6-10-15(19)11-7-13/h4-11H,2-3H2,1H3. The van der Waals surface area contributed by atoms with Gasteiger partial charge in [-0.3, -0.25) is 0 Å². The molecule has 0 fully saturated rings. The minimum Gasteiger partial charge on any atom is -0.462 e. The third kappa shape index (κ3) is 3.21. The van der Waals surface area contributed by atoms with Crippen molar-refractivity contribution >= 4 is 12.7 Å². The molecule has 0 spiro atoms. The second-order valence-corrected chi connectivity index (χ2v) is 4.64. The smallest absolute Gasteiger partial charge is 0.363 e. The Kier molecular flexibility index (Phi) is 5.05. The Hall–Kier alpha value is -2.76. The van der Waals surface area contributed by atoms with E-state index in [4.69, 9.17) is 9.57 Å². The highest BCUT2D eigenvalue weighted by molar-refractivity contribution is 5.85. The number of ether oxygens (including phenoxy) is 1. The molecule has 0 aliphatic rings. The third-order valence-electron chi connectivity index (χ3n) is 3.27. The molecule has 0 saturated heterocycles. The molecule has 0 aliphatic heterocycles. The Bertz CT molecular complexity index is 638. The minimum atomic E-state index is -1.79. The number of hydrogen-bond donors (Lipinski definition) is 0. The highest BCUT2D eigenvalue weighted by Crippen LogP contribution is 2.36. The van der Waals surface area contributed by atoms with Gasteiger partial charge in [0, 0.05) is 17.8 Å². The summed E-state index contributed by atoms with van der Waals surface area (Å²) in [5.41, 5.74) is -1.22. The SMILES string of the molecule is C=NOC(C(=O)OCC)(c1ccc(F)cc1)c1ccc(F)cc1. The van der Waals surface area contributed by atoms with Crippen molar-refractivity contribution in [2.75, 3.05) is 6.61 Å². The first-order chi connectivity index (χ1) is 11.0. The molecule has 4 nitrogen and oxygen atoms in total. The van der Waals surface area contributed by atoms with Gasteiger partial charge in [0.05, 0.1) is 6.61 Å². The van der Waals surface area contributed by atoms with Gasteiger partial charge < -0.3 is 9.57 Å². The number of carbonyl (C=O) groups is 1. The second kappa shape index (κ2) is 7.00. The predicted octanol–water partition coefficient (Wildman–Crippen LogP) is 3.40. The van der Waals surface area contributed by atoms with E-state index in [0.29, 0.717) is 0 Å². The molecule has 0 aliphatic carbocycles. The van der Waals surface area contributed by atoms with Crippen molar-refractivity contribution in [3.63, 3.8) is 0 Å². The van der Waals surface area contributed by atoms with E-state index in [2.05, 4.69) is 11.9 Å². The average Bonchev–Trinajstić information content (AvgIpc) is 2.54. The molecule has 2 rings (SSSR count). The summed E-state index contributed by atoms with van der Waals surface area (Å²) in [6, 6.07) is 10.2. The van der Waals surface area contributed by atoms with E-state index in [9.17, 15) is 13.6 Å². The summed E-state index contributed by atoms with van der Waals surface area (Å²) < 4.78 is 31.5. The lowest BCUT2D eigenvalue weighted by atomic mass is 9.86. The number of halogens is 2. The van der Waals surface area contributed by atoms with E-state index in [1.165, 1.54) is 48.5 Å². The molecule has 0 unspecified atom stereocenters. The summed E-state index contributed by atoms with van der Waals surface area (Å²) in [6.45, 7) is 4.98. The summed E-state index contributed by atoms with van der Waals surface area (Å²) in [5.74, 6) is -1.71. The molecule has 6 heteroatoms. The number of benzene rings is 2. The van der Waals surface area contributed by atoms with Gasteiger partial charge in [-0.1, -0.05) is 24.3 Å². The number of oxime groups is 1. The Balaban J connectivity index is 2.68. The maximum atomic E-state index is 13.2. The lowest BCUT2D eigenvalue weighted by Crippen LogP contribution is -2.40. The summed E-state index contributed by atoms with van der Waals surface area (Å²) in [5, 5.41) is 3.37. The highest BCUT2D eigenvalue weighted by atomic mass is 19.1. The van der Waals surface area contributed by atoms with Crippen molar-refractivity contribution in [3.05, 3.63) is 71.3 Å². The second-order valence-electron chi connectivity index (χ2n) is 4.64.